The van der Waals surface area contributed by atoms with Crippen molar-refractivity contribution in [2.45, 2.75) is 64.0 Å². The van der Waals surface area contributed by atoms with Crippen LogP contribution in [0.4, 0.5) is 0 Å². The molecule has 1 unspecified atom stereocenters. The van der Waals surface area contributed by atoms with Gasteiger partial charge in [0.05, 0.1) is 0 Å². The number of piperidine rings is 1. The van der Waals surface area contributed by atoms with E-state index < -0.39 is 5.60 Å². The van der Waals surface area contributed by atoms with Crippen LogP contribution in [-0.2, 0) is 11.3 Å². The van der Waals surface area contributed by atoms with Gasteiger partial charge in [-0.2, -0.15) is 0 Å². The molecule has 3 rings (SSSR count). The van der Waals surface area contributed by atoms with Crippen LogP contribution in [0.2, 0.25) is 0 Å². The molecule has 28 heavy (non-hydrogen) atoms. The summed E-state index contributed by atoms with van der Waals surface area (Å²) in [6.07, 6.45) is 4.52. The first-order valence-corrected chi connectivity index (χ1v) is 10.7. The van der Waals surface area contributed by atoms with Crippen molar-refractivity contribution in [3.05, 3.63) is 35.4 Å². The number of aliphatic hydroxyl groups is 2. The largest absolute Gasteiger partial charge is 0.396 e. The summed E-state index contributed by atoms with van der Waals surface area (Å²) < 4.78 is 0. The first-order chi connectivity index (χ1) is 13.3. The van der Waals surface area contributed by atoms with Crippen LogP contribution in [-0.4, -0.2) is 64.8 Å². The number of aliphatic hydroxyl groups excluding tert-OH is 1. The van der Waals surface area contributed by atoms with Gasteiger partial charge in [0, 0.05) is 38.2 Å². The minimum absolute atomic E-state index is 0.0410. The minimum atomic E-state index is -1.33. The van der Waals surface area contributed by atoms with E-state index in [-0.39, 0.29) is 17.9 Å². The number of nitrogens with zero attached hydrogens (tertiary/aromatic N) is 2. The Labute approximate surface area is 169 Å². The molecule has 1 amide bonds. The van der Waals surface area contributed by atoms with E-state index in [9.17, 15) is 15.0 Å². The van der Waals surface area contributed by atoms with Gasteiger partial charge in [0.25, 0.3) is 5.91 Å². The molecule has 1 saturated heterocycles. The van der Waals surface area contributed by atoms with E-state index in [1.54, 1.807) is 4.90 Å². The molecule has 1 aliphatic carbocycles. The van der Waals surface area contributed by atoms with Crippen molar-refractivity contribution in [2.75, 3.05) is 33.3 Å². The van der Waals surface area contributed by atoms with Gasteiger partial charge in [-0.3, -0.25) is 4.79 Å². The van der Waals surface area contributed by atoms with Crippen molar-refractivity contribution in [1.82, 2.24) is 9.80 Å². The lowest BCUT2D eigenvalue weighted by Crippen LogP contribution is -2.59. The molecule has 5 nitrogen and oxygen atoms in total. The van der Waals surface area contributed by atoms with Gasteiger partial charge in [-0.05, 0) is 49.8 Å². The molecule has 0 radical (unpaired) electrons. The molecule has 1 aromatic rings. The summed E-state index contributed by atoms with van der Waals surface area (Å²) in [5.74, 6) is 0.328. The molecular formula is C23H36N2O3. The predicted octanol–water partition coefficient (Wildman–Crippen LogP) is 2.76. The highest BCUT2D eigenvalue weighted by atomic mass is 16.3. The lowest BCUT2D eigenvalue weighted by atomic mass is 9.69. The lowest BCUT2D eigenvalue weighted by Gasteiger charge is -2.45. The van der Waals surface area contributed by atoms with Crippen molar-refractivity contribution in [2.24, 2.45) is 5.41 Å². The molecule has 0 bridgehead atoms. The average molecular weight is 389 g/mol. The number of likely N-dealkylation sites (N-methyl/N-ethyl adjacent to an activating group) is 1. The summed E-state index contributed by atoms with van der Waals surface area (Å²) in [4.78, 5) is 16.9. The molecule has 2 N–H and O–H groups in total. The Bertz CT molecular complexity index is 663. The maximum Gasteiger partial charge on any atom is 0.256 e. The van der Waals surface area contributed by atoms with Gasteiger partial charge in [0.15, 0.2) is 5.60 Å². The third kappa shape index (κ3) is 4.58. The summed E-state index contributed by atoms with van der Waals surface area (Å²) in [5.41, 5.74) is 1.02. The SMILES string of the molecule is CC(C)c1ccc(CN2CCCC(O)(CN(C)CC3(CO)CCC3)C2=O)cc1. The number of hydrogen-bond donors (Lipinski definition) is 2. The first-order valence-electron chi connectivity index (χ1n) is 10.7. The number of likely N-dealkylation sites (tertiary alicyclic amines) is 1. The molecule has 156 valence electrons. The standard InChI is InChI=1S/C23H36N2O3/c1-18(2)20-8-6-19(7-9-20)14-25-13-5-12-23(28,21(25)27)16-24(3)15-22(17-26)10-4-11-22/h6-9,18,26,28H,4-5,10-17H2,1-3H3. The third-order valence-corrected chi connectivity index (χ3v) is 6.61. The van der Waals surface area contributed by atoms with E-state index in [4.69, 9.17) is 0 Å². The van der Waals surface area contributed by atoms with Crippen molar-refractivity contribution in [3.63, 3.8) is 0 Å². The fourth-order valence-corrected chi connectivity index (χ4v) is 4.71. The summed E-state index contributed by atoms with van der Waals surface area (Å²) in [5, 5.41) is 20.8. The van der Waals surface area contributed by atoms with E-state index in [1.807, 2.05) is 11.9 Å². The predicted molar refractivity (Wildman–Crippen MR) is 111 cm³/mol. The van der Waals surface area contributed by atoms with E-state index in [2.05, 4.69) is 38.1 Å². The Morgan fingerprint density at radius 1 is 1.11 bits per heavy atom. The zero-order valence-electron chi connectivity index (χ0n) is 17.7. The number of hydrogen-bond acceptors (Lipinski definition) is 4. The molecule has 2 aliphatic rings. The number of carbonyl (C=O) groups is 1. The van der Waals surface area contributed by atoms with Crippen LogP contribution in [0.1, 0.15) is 63.0 Å². The van der Waals surface area contributed by atoms with E-state index in [1.165, 1.54) is 5.56 Å². The second kappa shape index (κ2) is 8.52. The number of carbonyl (C=O) groups excluding carboxylic acids is 1. The molecule has 1 heterocycles. The summed E-state index contributed by atoms with van der Waals surface area (Å²) in [7, 11) is 1.95. The van der Waals surface area contributed by atoms with Crippen LogP contribution in [0.15, 0.2) is 24.3 Å². The molecule has 1 aliphatic heterocycles. The van der Waals surface area contributed by atoms with E-state index in [0.29, 0.717) is 32.0 Å². The van der Waals surface area contributed by atoms with Crippen molar-refractivity contribution < 1.29 is 15.0 Å². The molecule has 0 aromatic heterocycles. The van der Waals surface area contributed by atoms with Crippen LogP contribution in [0.25, 0.3) is 0 Å². The number of benzene rings is 1. The molecule has 1 atom stereocenters. The van der Waals surface area contributed by atoms with Gasteiger partial charge in [0.2, 0.25) is 0 Å². The average Bonchev–Trinajstić information content (AvgIpc) is 2.62. The normalized spacial score (nSPS) is 24.7. The Morgan fingerprint density at radius 3 is 2.32 bits per heavy atom. The van der Waals surface area contributed by atoms with Crippen LogP contribution >= 0.6 is 0 Å². The highest BCUT2D eigenvalue weighted by Crippen LogP contribution is 2.41. The third-order valence-electron chi connectivity index (χ3n) is 6.61. The summed E-state index contributed by atoms with van der Waals surface area (Å²) in [6.45, 7) is 6.82. The van der Waals surface area contributed by atoms with Crippen molar-refractivity contribution in [3.8, 4) is 0 Å². The monoisotopic (exact) mass is 388 g/mol. The highest BCUT2D eigenvalue weighted by molar-refractivity contribution is 5.86. The summed E-state index contributed by atoms with van der Waals surface area (Å²) in [6, 6.07) is 8.43. The topological polar surface area (TPSA) is 64.0 Å². The summed E-state index contributed by atoms with van der Waals surface area (Å²) >= 11 is 0. The van der Waals surface area contributed by atoms with Crippen LogP contribution in [0.5, 0.6) is 0 Å². The first kappa shape index (κ1) is 21.3. The maximum absolute atomic E-state index is 13.1. The molecular weight excluding hydrogens is 352 g/mol. The number of amides is 1. The quantitative estimate of drug-likeness (QED) is 0.719. The Balaban J connectivity index is 1.62. The fourth-order valence-electron chi connectivity index (χ4n) is 4.71. The van der Waals surface area contributed by atoms with Crippen LogP contribution in [0.3, 0.4) is 0 Å². The molecule has 1 aromatic carbocycles. The van der Waals surface area contributed by atoms with Crippen molar-refractivity contribution >= 4 is 5.91 Å². The fraction of sp³-hybridized carbons (Fsp3) is 0.696. The highest BCUT2D eigenvalue weighted by Gasteiger charge is 2.44. The molecule has 1 saturated carbocycles. The second-order valence-electron chi connectivity index (χ2n) is 9.44. The second-order valence-corrected chi connectivity index (χ2v) is 9.44. The van der Waals surface area contributed by atoms with Gasteiger partial charge >= 0.3 is 0 Å². The smallest absolute Gasteiger partial charge is 0.256 e. The van der Waals surface area contributed by atoms with Gasteiger partial charge in [-0.15, -0.1) is 0 Å². The molecule has 0 spiro atoms. The maximum atomic E-state index is 13.1. The molecule has 2 fully saturated rings. The Hall–Kier alpha value is -1.43. The Kier molecular flexibility index (Phi) is 6.47. The van der Waals surface area contributed by atoms with Crippen LogP contribution < -0.4 is 0 Å². The lowest BCUT2D eigenvalue weighted by molar-refractivity contribution is -0.160. The van der Waals surface area contributed by atoms with Gasteiger partial charge in [-0.25, -0.2) is 0 Å². The van der Waals surface area contributed by atoms with Gasteiger partial charge in [0.1, 0.15) is 0 Å². The minimum Gasteiger partial charge on any atom is -0.396 e. The van der Waals surface area contributed by atoms with E-state index in [0.717, 1.165) is 37.8 Å². The van der Waals surface area contributed by atoms with Gasteiger partial charge in [-0.1, -0.05) is 44.5 Å². The van der Waals surface area contributed by atoms with Gasteiger partial charge < -0.3 is 20.0 Å². The van der Waals surface area contributed by atoms with Crippen LogP contribution in [0, 0.1) is 5.41 Å². The molecule has 5 heteroatoms. The Morgan fingerprint density at radius 2 is 1.79 bits per heavy atom. The number of rotatable bonds is 8. The van der Waals surface area contributed by atoms with Crippen molar-refractivity contribution in [1.29, 1.82) is 0 Å². The van der Waals surface area contributed by atoms with E-state index >= 15 is 0 Å². The zero-order valence-corrected chi connectivity index (χ0v) is 17.7. The zero-order chi connectivity index (χ0) is 20.4.